The number of methoxy groups -OCH3 is 2. The number of carbonyl (C=O) groups is 1. The fraction of sp³-hybridized carbons (Fsp3) is 0.267. The number of benzene rings is 3. The summed E-state index contributed by atoms with van der Waals surface area (Å²) in [5.74, 6) is 0.800. The molecule has 7 heteroatoms. The van der Waals surface area contributed by atoms with E-state index in [2.05, 4.69) is 6.08 Å². The molecule has 0 saturated heterocycles. The highest BCUT2D eigenvalue weighted by molar-refractivity contribution is 6.08. The number of hydrogen-bond acceptors (Lipinski definition) is 5. The van der Waals surface area contributed by atoms with Gasteiger partial charge in [0.1, 0.15) is 11.5 Å². The van der Waals surface area contributed by atoms with Gasteiger partial charge in [0.2, 0.25) is 0 Å². The van der Waals surface area contributed by atoms with Gasteiger partial charge in [-0.05, 0) is 78.4 Å². The maximum Gasteiger partial charge on any atom is 0.281 e. The third-order valence-corrected chi connectivity index (χ3v) is 6.86. The van der Waals surface area contributed by atoms with Crippen molar-refractivity contribution in [2.75, 3.05) is 20.8 Å². The van der Waals surface area contributed by atoms with Crippen molar-refractivity contribution in [2.24, 2.45) is 11.0 Å². The van der Waals surface area contributed by atoms with Crippen LogP contribution in [0.3, 0.4) is 0 Å². The van der Waals surface area contributed by atoms with Gasteiger partial charge in [-0.15, -0.1) is 0 Å². The lowest BCUT2D eigenvalue weighted by atomic mass is 9.77. The molecule has 3 aromatic rings. The quantitative estimate of drug-likeness (QED) is 0.397. The van der Waals surface area contributed by atoms with Gasteiger partial charge in [0.05, 0.1) is 26.0 Å². The molecule has 1 heterocycles. The molecule has 1 amide bonds. The van der Waals surface area contributed by atoms with Crippen LogP contribution in [0.4, 0.5) is 4.39 Å². The maximum absolute atomic E-state index is 14.1. The zero-order chi connectivity index (χ0) is 25.8. The monoisotopic (exact) mass is 500 g/mol. The van der Waals surface area contributed by atoms with Crippen LogP contribution in [-0.2, 0) is 4.79 Å². The van der Waals surface area contributed by atoms with E-state index in [4.69, 9.17) is 19.3 Å². The molecule has 0 aromatic heterocycles. The molecule has 1 aliphatic heterocycles. The normalized spacial score (nSPS) is 19.8. The fourth-order valence-electron chi connectivity index (χ4n) is 5.01. The summed E-state index contributed by atoms with van der Waals surface area (Å²) in [6.45, 7) is -0.311. The number of hydrogen-bond donors (Lipinski definition) is 0. The lowest BCUT2D eigenvalue weighted by molar-refractivity contribution is -0.135. The predicted octanol–water partition coefficient (Wildman–Crippen LogP) is 6.04. The molecule has 0 bridgehead atoms. The highest BCUT2D eigenvalue weighted by atomic mass is 19.1. The van der Waals surface area contributed by atoms with E-state index in [-0.39, 0.29) is 30.2 Å². The van der Waals surface area contributed by atoms with E-state index < -0.39 is 5.82 Å². The molecule has 3 aromatic carbocycles. The van der Waals surface area contributed by atoms with E-state index >= 15 is 0 Å². The second kappa shape index (κ2) is 10.9. The van der Waals surface area contributed by atoms with Crippen LogP contribution in [0.15, 0.2) is 83.5 Å². The number of allylic oxidation sites excluding steroid dienone is 1. The van der Waals surface area contributed by atoms with Gasteiger partial charge in [0.25, 0.3) is 5.91 Å². The van der Waals surface area contributed by atoms with E-state index in [1.807, 2.05) is 48.5 Å². The van der Waals surface area contributed by atoms with Gasteiger partial charge in [-0.25, -0.2) is 9.40 Å². The minimum absolute atomic E-state index is 0.0428. The molecule has 2 atom stereocenters. The molecule has 1 saturated carbocycles. The third-order valence-electron chi connectivity index (χ3n) is 6.86. The molecule has 2 aliphatic rings. The second-order valence-corrected chi connectivity index (χ2v) is 9.10. The van der Waals surface area contributed by atoms with Crippen molar-refractivity contribution >= 4 is 17.7 Å². The summed E-state index contributed by atoms with van der Waals surface area (Å²) in [4.78, 5) is 13.4. The Labute approximate surface area is 216 Å². The molecular weight excluding hydrogens is 471 g/mol. The molecule has 0 spiro atoms. The molecule has 5 rings (SSSR count). The Morgan fingerprint density at radius 2 is 1.68 bits per heavy atom. The van der Waals surface area contributed by atoms with Crippen LogP contribution in [0.5, 0.6) is 17.2 Å². The van der Waals surface area contributed by atoms with Crippen molar-refractivity contribution in [3.63, 3.8) is 0 Å². The highest BCUT2D eigenvalue weighted by Crippen LogP contribution is 2.44. The smallest absolute Gasteiger partial charge is 0.281 e. The van der Waals surface area contributed by atoms with Gasteiger partial charge in [-0.1, -0.05) is 36.4 Å². The molecule has 6 nitrogen and oxygen atoms in total. The first-order chi connectivity index (χ1) is 18.1. The van der Waals surface area contributed by atoms with Crippen LogP contribution in [0.25, 0.3) is 6.08 Å². The van der Waals surface area contributed by atoms with Crippen LogP contribution in [0, 0.1) is 11.7 Å². The topological polar surface area (TPSA) is 60.4 Å². The molecule has 0 radical (unpaired) electrons. The standard InChI is InChI=1S/C30H29FN2O4/c1-35-23-14-10-20(11-15-23)18-22-6-5-7-25-29(22)32-33(30(25)21-12-16-24(36-2)17-13-21)28(34)19-37-27-9-4-3-8-26(27)31/h3-4,8-18,25,30H,5-7,19H2,1-2H3/b22-18+/t25-,30+/m0/s1. The van der Waals surface area contributed by atoms with Gasteiger partial charge < -0.3 is 14.2 Å². The summed E-state index contributed by atoms with van der Waals surface area (Å²) in [5, 5.41) is 6.38. The Morgan fingerprint density at radius 1 is 1.00 bits per heavy atom. The van der Waals surface area contributed by atoms with Crippen molar-refractivity contribution in [1.82, 2.24) is 5.01 Å². The summed E-state index contributed by atoms with van der Waals surface area (Å²) in [6, 6.07) is 21.4. The van der Waals surface area contributed by atoms with Gasteiger partial charge in [0.15, 0.2) is 18.2 Å². The van der Waals surface area contributed by atoms with E-state index in [1.54, 1.807) is 26.4 Å². The van der Waals surface area contributed by atoms with Crippen molar-refractivity contribution in [2.45, 2.75) is 25.3 Å². The van der Waals surface area contributed by atoms with Crippen molar-refractivity contribution in [3.05, 3.63) is 95.3 Å². The van der Waals surface area contributed by atoms with Crippen LogP contribution >= 0.6 is 0 Å². The highest BCUT2D eigenvalue weighted by Gasteiger charge is 2.43. The number of ether oxygens (including phenoxy) is 3. The Kier molecular flexibility index (Phi) is 7.21. The second-order valence-electron chi connectivity index (χ2n) is 9.10. The number of hydrazone groups is 1. The number of nitrogens with zero attached hydrogens (tertiary/aromatic N) is 2. The first-order valence-electron chi connectivity index (χ1n) is 12.3. The van der Waals surface area contributed by atoms with Crippen LogP contribution in [0.2, 0.25) is 0 Å². The van der Waals surface area contributed by atoms with Crippen LogP contribution < -0.4 is 14.2 Å². The van der Waals surface area contributed by atoms with E-state index in [0.717, 1.165) is 53.2 Å². The van der Waals surface area contributed by atoms with Crippen molar-refractivity contribution < 1.29 is 23.4 Å². The maximum atomic E-state index is 14.1. The number of para-hydroxylation sites is 1. The first kappa shape index (κ1) is 24.6. The zero-order valence-corrected chi connectivity index (χ0v) is 20.9. The summed E-state index contributed by atoms with van der Waals surface area (Å²) >= 11 is 0. The van der Waals surface area contributed by atoms with Gasteiger partial charge in [-0.2, -0.15) is 5.10 Å². The van der Waals surface area contributed by atoms with Crippen LogP contribution in [0.1, 0.15) is 36.4 Å². The number of amides is 1. The molecule has 0 N–H and O–H groups in total. The lowest BCUT2D eigenvalue weighted by Crippen LogP contribution is -2.34. The van der Waals surface area contributed by atoms with Gasteiger partial charge in [0, 0.05) is 5.92 Å². The van der Waals surface area contributed by atoms with Crippen molar-refractivity contribution in [3.8, 4) is 17.2 Å². The summed E-state index contributed by atoms with van der Waals surface area (Å²) < 4.78 is 30.2. The predicted molar refractivity (Wildman–Crippen MR) is 140 cm³/mol. The average Bonchev–Trinajstić information content (AvgIpc) is 3.34. The average molecular weight is 501 g/mol. The first-order valence-corrected chi connectivity index (χ1v) is 12.3. The SMILES string of the molecule is COc1ccc(/C=C2\CCC[C@H]3C2=NN(C(=O)COc2ccccc2F)[C@@H]3c2ccc(OC)cc2)cc1. The molecular formula is C30H29FN2O4. The lowest BCUT2D eigenvalue weighted by Gasteiger charge is -2.29. The summed E-state index contributed by atoms with van der Waals surface area (Å²) in [7, 11) is 3.27. The molecule has 1 aliphatic carbocycles. The Hall–Kier alpha value is -4.13. The third kappa shape index (κ3) is 5.21. The number of carbonyl (C=O) groups excluding carboxylic acids is 1. The van der Waals surface area contributed by atoms with E-state index in [0.29, 0.717) is 0 Å². The Bertz CT molecular complexity index is 1320. The Balaban J connectivity index is 1.46. The minimum Gasteiger partial charge on any atom is -0.497 e. The van der Waals surface area contributed by atoms with Gasteiger partial charge >= 0.3 is 0 Å². The van der Waals surface area contributed by atoms with E-state index in [1.165, 1.54) is 17.1 Å². The fourth-order valence-corrected chi connectivity index (χ4v) is 5.01. The number of rotatable bonds is 7. The molecule has 37 heavy (non-hydrogen) atoms. The Morgan fingerprint density at radius 3 is 2.35 bits per heavy atom. The number of halogens is 1. The zero-order valence-electron chi connectivity index (χ0n) is 20.9. The van der Waals surface area contributed by atoms with Crippen LogP contribution in [-0.4, -0.2) is 37.5 Å². The minimum atomic E-state index is -0.506. The molecule has 0 unspecified atom stereocenters. The van der Waals surface area contributed by atoms with Gasteiger partial charge in [-0.3, -0.25) is 4.79 Å². The van der Waals surface area contributed by atoms with E-state index in [9.17, 15) is 9.18 Å². The summed E-state index contributed by atoms with van der Waals surface area (Å²) in [5.41, 5.74) is 4.05. The summed E-state index contributed by atoms with van der Waals surface area (Å²) in [6.07, 6.45) is 4.92. The van der Waals surface area contributed by atoms with Crippen molar-refractivity contribution in [1.29, 1.82) is 0 Å². The largest absolute Gasteiger partial charge is 0.497 e. The molecule has 1 fully saturated rings. The number of fused-ring (bicyclic) bond motifs is 1. The molecule has 190 valence electrons.